The summed E-state index contributed by atoms with van der Waals surface area (Å²) >= 11 is 0. The average molecular weight is 333 g/mol. The standard InChI is InChI=1S/C21H23N3O/c1-16-8-6-12-20(17(16)2)24-21(25)19(14-22)15-23-13-7-11-18-9-4-3-5-10-18/h3-6,8-10,12,15,23H,7,11,13H2,1-2H3,(H,24,25)/b19-15-. The van der Waals surface area contributed by atoms with Crippen molar-refractivity contribution in [2.45, 2.75) is 26.7 Å². The van der Waals surface area contributed by atoms with Gasteiger partial charge in [-0.25, -0.2) is 0 Å². The molecule has 0 unspecified atom stereocenters. The van der Waals surface area contributed by atoms with E-state index in [1.54, 1.807) is 0 Å². The third-order valence-corrected chi connectivity index (χ3v) is 4.09. The molecule has 4 nitrogen and oxygen atoms in total. The topological polar surface area (TPSA) is 64.9 Å². The van der Waals surface area contributed by atoms with Gasteiger partial charge in [-0.2, -0.15) is 5.26 Å². The highest BCUT2D eigenvalue weighted by Crippen LogP contribution is 2.18. The van der Waals surface area contributed by atoms with E-state index in [1.807, 2.05) is 56.3 Å². The molecule has 0 heterocycles. The van der Waals surface area contributed by atoms with Gasteiger partial charge in [0.25, 0.3) is 5.91 Å². The lowest BCUT2D eigenvalue weighted by molar-refractivity contribution is -0.112. The van der Waals surface area contributed by atoms with Crippen molar-refractivity contribution < 1.29 is 4.79 Å². The molecule has 0 radical (unpaired) electrons. The van der Waals surface area contributed by atoms with E-state index >= 15 is 0 Å². The normalized spacial score (nSPS) is 10.8. The van der Waals surface area contributed by atoms with Crippen LogP contribution >= 0.6 is 0 Å². The molecular weight excluding hydrogens is 310 g/mol. The Morgan fingerprint density at radius 2 is 1.88 bits per heavy atom. The number of carbonyl (C=O) groups excluding carboxylic acids is 1. The van der Waals surface area contributed by atoms with E-state index < -0.39 is 5.91 Å². The number of nitrogens with zero attached hydrogens (tertiary/aromatic N) is 1. The number of nitriles is 1. The highest BCUT2D eigenvalue weighted by atomic mass is 16.1. The van der Waals surface area contributed by atoms with E-state index in [0.29, 0.717) is 6.54 Å². The summed E-state index contributed by atoms with van der Waals surface area (Å²) in [6.45, 7) is 4.64. The first-order valence-electron chi connectivity index (χ1n) is 8.37. The van der Waals surface area contributed by atoms with Gasteiger partial charge in [0.15, 0.2) is 0 Å². The lowest BCUT2D eigenvalue weighted by atomic mass is 10.1. The SMILES string of the molecule is Cc1cccc(NC(=O)/C(C#N)=C\NCCCc2ccccc2)c1C. The van der Waals surface area contributed by atoms with Crippen molar-refractivity contribution in [2.24, 2.45) is 0 Å². The van der Waals surface area contributed by atoms with Gasteiger partial charge in [-0.05, 0) is 49.4 Å². The van der Waals surface area contributed by atoms with Crippen LogP contribution in [0, 0.1) is 25.2 Å². The number of hydrogen-bond acceptors (Lipinski definition) is 3. The number of anilines is 1. The zero-order chi connectivity index (χ0) is 18.1. The molecule has 0 aromatic heterocycles. The van der Waals surface area contributed by atoms with Crippen molar-refractivity contribution in [3.05, 3.63) is 77.0 Å². The molecule has 0 aliphatic carbocycles. The molecule has 25 heavy (non-hydrogen) atoms. The monoisotopic (exact) mass is 333 g/mol. The minimum absolute atomic E-state index is 0.0700. The first-order chi connectivity index (χ1) is 12.1. The highest BCUT2D eigenvalue weighted by Gasteiger charge is 2.11. The fraction of sp³-hybridized carbons (Fsp3) is 0.238. The molecule has 1 amide bonds. The Morgan fingerprint density at radius 3 is 2.60 bits per heavy atom. The molecule has 0 atom stereocenters. The largest absolute Gasteiger partial charge is 0.390 e. The molecular formula is C21H23N3O. The Bertz CT molecular complexity index is 789. The molecule has 4 heteroatoms. The summed E-state index contributed by atoms with van der Waals surface area (Å²) in [6, 6.07) is 17.9. The summed E-state index contributed by atoms with van der Waals surface area (Å²) in [5.41, 5.74) is 4.18. The summed E-state index contributed by atoms with van der Waals surface area (Å²) in [4.78, 5) is 12.3. The van der Waals surface area contributed by atoms with Crippen LogP contribution < -0.4 is 10.6 Å². The van der Waals surface area contributed by atoms with Crippen LogP contribution in [0.1, 0.15) is 23.1 Å². The van der Waals surface area contributed by atoms with Crippen molar-refractivity contribution >= 4 is 11.6 Å². The first-order valence-corrected chi connectivity index (χ1v) is 8.37. The predicted molar refractivity (Wildman–Crippen MR) is 101 cm³/mol. The Morgan fingerprint density at radius 1 is 1.12 bits per heavy atom. The Labute approximate surface area is 149 Å². The molecule has 0 saturated heterocycles. The number of aryl methyl sites for hydroxylation is 2. The van der Waals surface area contributed by atoms with Crippen molar-refractivity contribution in [1.29, 1.82) is 5.26 Å². The van der Waals surface area contributed by atoms with Crippen LogP contribution in [0.25, 0.3) is 0 Å². The summed E-state index contributed by atoms with van der Waals surface area (Å²) in [5.74, 6) is -0.397. The smallest absolute Gasteiger partial charge is 0.267 e. The highest BCUT2D eigenvalue weighted by molar-refractivity contribution is 6.06. The van der Waals surface area contributed by atoms with Gasteiger partial charge in [0.05, 0.1) is 0 Å². The molecule has 0 bridgehead atoms. The second kappa shape index (κ2) is 9.29. The number of carbonyl (C=O) groups is 1. The van der Waals surface area contributed by atoms with Crippen molar-refractivity contribution in [3.8, 4) is 6.07 Å². The van der Waals surface area contributed by atoms with Crippen LogP contribution in [-0.2, 0) is 11.2 Å². The second-order valence-electron chi connectivity index (χ2n) is 5.91. The minimum Gasteiger partial charge on any atom is -0.390 e. The Hall–Kier alpha value is -3.06. The number of benzene rings is 2. The zero-order valence-corrected chi connectivity index (χ0v) is 14.7. The first kappa shape index (κ1) is 18.3. The van der Waals surface area contributed by atoms with Gasteiger partial charge in [0, 0.05) is 18.4 Å². The number of rotatable bonds is 7. The summed E-state index contributed by atoms with van der Waals surface area (Å²) in [6.07, 6.45) is 3.38. The lowest BCUT2D eigenvalue weighted by Gasteiger charge is -2.10. The van der Waals surface area contributed by atoms with E-state index in [0.717, 1.165) is 29.7 Å². The van der Waals surface area contributed by atoms with Crippen LogP contribution in [0.15, 0.2) is 60.3 Å². The number of hydrogen-bond donors (Lipinski definition) is 2. The Kier molecular flexibility index (Phi) is 6.79. The van der Waals surface area contributed by atoms with Crippen LogP contribution in [0.5, 0.6) is 0 Å². The molecule has 0 aliphatic heterocycles. The lowest BCUT2D eigenvalue weighted by Crippen LogP contribution is -2.18. The van der Waals surface area contributed by atoms with Crippen LogP contribution in [0.2, 0.25) is 0 Å². The third-order valence-electron chi connectivity index (χ3n) is 4.09. The van der Waals surface area contributed by atoms with Gasteiger partial charge in [-0.3, -0.25) is 4.79 Å². The molecule has 128 valence electrons. The van der Waals surface area contributed by atoms with Crippen LogP contribution in [0.4, 0.5) is 5.69 Å². The van der Waals surface area contributed by atoms with E-state index in [-0.39, 0.29) is 5.57 Å². The molecule has 2 aromatic rings. The van der Waals surface area contributed by atoms with Gasteiger partial charge in [-0.1, -0.05) is 42.5 Å². The second-order valence-corrected chi connectivity index (χ2v) is 5.91. The van der Waals surface area contributed by atoms with E-state index in [9.17, 15) is 10.1 Å². The summed E-state index contributed by atoms with van der Waals surface area (Å²) in [7, 11) is 0. The number of amides is 1. The van der Waals surface area contributed by atoms with Gasteiger partial charge in [-0.15, -0.1) is 0 Å². The van der Waals surface area contributed by atoms with Crippen molar-refractivity contribution in [3.63, 3.8) is 0 Å². The maximum atomic E-state index is 12.3. The molecule has 0 saturated carbocycles. The predicted octanol–water partition coefficient (Wildman–Crippen LogP) is 3.87. The number of nitrogens with one attached hydrogen (secondary N) is 2. The summed E-state index contributed by atoms with van der Waals surface area (Å²) < 4.78 is 0. The maximum Gasteiger partial charge on any atom is 0.267 e. The van der Waals surface area contributed by atoms with Gasteiger partial charge in [0.1, 0.15) is 11.6 Å². The van der Waals surface area contributed by atoms with Gasteiger partial charge < -0.3 is 10.6 Å². The van der Waals surface area contributed by atoms with Crippen LogP contribution in [0.3, 0.4) is 0 Å². The molecule has 0 aliphatic rings. The van der Waals surface area contributed by atoms with Crippen molar-refractivity contribution in [1.82, 2.24) is 5.32 Å². The third kappa shape index (κ3) is 5.50. The average Bonchev–Trinajstić information content (AvgIpc) is 2.63. The fourth-order valence-corrected chi connectivity index (χ4v) is 2.44. The van der Waals surface area contributed by atoms with Gasteiger partial charge >= 0.3 is 0 Å². The minimum atomic E-state index is -0.397. The molecule has 0 fully saturated rings. The van der Waals surface area contributed by atoms with E-state index in [2.05, 4.69) is 22.8 Å². The molecule has 0 spiro atoms. The van der Waals surface area contributed by atoms with Crippen LogP contribution in [-0.4, -0.2) is 12.5 Å². The Balaban J connectivity index is 1.85. The molecule has 2 aromatic carbocycles. The van der Waals surface area contributed by atoms with Crippen molar-refractivity contribution in [2.75, 3.05) is 11.9 Å². The maximum absolute atomic E-state index is 12.3. The van der Waals surface area contributed by atoms with Gasteiger partial charge in [0.2, 0.25) is 0 Å². The summed E-state index contributed by atoms with van der Waals surface area (Å²) in [5, 5.41) is 15.1. The molecule has 2 rings (SSSR count). The zero-order valence-electron chi connectivity index (χ0n) is 14.7. The fourth-order valence-electron chi connectivity index (χ4n) is 2.44. The molecule has 2 N–H and O–H groups in total. The quantitative estimate of drug-likeness (QED) is 0.459. The van der Waals surface area contributed by atoms with E-state index in [4.69, 9.17) is 0 Å². The van der Waals surface area contributed by atoms with E-state index in [1.165, 1.54) is 11.8 Å².